The summed E-state index contributed by atoms with van der Waals surface area (Å²) in [6.45, 7) is 5.70. The molecule has 0 bridgehead atoms. The number of rotatable bonds is 7. The normalized spacial score (nSPS) is 20.6. The number of hydrogen-bond acceptors (Lipinski definition) is 5. The Bertz CT molecular complexity index is 528. The molecule has 114 valence electrons. The van der Waals surface area contributed by atoms with E-state index in [1.165, 1.54) is 0 Å². The van der Waals surface area contributed by atoms with Crippen LogP contribution in [0.3, 0.4) is 0 Å². The van der Waals surface area contributed by atoms with Crippen molar-refractivity contribution in [1.82, 2.24) is 25.1 Å². The van der Waals surface area contributed by atoms with Crippen LogP contribution in [0.15, 0.2) is 11.2 Å². The van der Waals surface area contributed by atoms with Crippen LogP contribution < -0.4 is 10.0 Å². The van der Waals surface area contributed by atoms with Gasteiger partial charge in [0.25, 0.3) is 10.0 Å². The number of H-pyrrole nitrogens is 1. The number of aromatic nitrogens is 2. The van der Waals surface area contributed by atoms with E-state index in [2.05, 4.69) is 32.2 Å². The van der Waals surface area contributed by atoms with E-state index in [1.807, 2.05) is 6.92 Å². The van der Waals surface area contributed by atoms with Crippen molar-refractivity contribution in [2.24, 2.45) is 5.92 Å². The maximum atomic E-state index is 12.3. The zero-order valence-electron chi connectivity index (χ0n) is 12.0. The monoisotopic (exact) mass is 301 g/mol. The maximum Gasteiger partial charge on any atom is 0.257 e. The van der Waals surface area contributed by atoms with Gasteiger partial charge in [-0.1, -0.05) is 6.92 Å². The van der Waals surface area contributed by atoms with Crippen LogP contribution in [0.5, 0.6) is 0 Å². The van der Waals surface area contributed by atoms with Crippen molar-refractivity contribution < 1.29 is 8.42 Å². The van der Waals surface area contributed by atoms with Crippen molar-refractivity contribution in [2.45, 2.75) is 24.9 Å². The molecule has 0 aromatic carbocycles. The average molecular weight is 301 g/mol. The highest BCUT2D eigenvalue weighted by atomic mass is 32.2. The van der Waals surface area contributed by atoms with E-state index in [9.17, 15) is 8.42 Å². The van der Waals surface area contributed by atoms with Gasteiger partial charge in [0.05, 0.1) is 6.20 Å². The Morgan fingerprint density at radius 2 is 2.35 bits per heavy atom. The Kier molecular flexibility index (Phi) is 5.14. The summed E-state index contributed by atoms with van der Waals surface area (Å²) in [4.78, 5) is 2.21. The summed E-state index contributed by atoms with van der Waals surface area (Å²) in [6, 6.07) is 0. The highest BCUT2D eigenvalue weighted by Gasteiger charge is 2.24. The first-order valence-electron chi connectivity index (χ1n) is 6.94. The van der Waals surface area contributed by atoms with Gasteiger partial charge in [-0.2, -0.15) is 5.10 Å². The van der Waals surface area contributed by atoms with Gasteiger partial charge in [-0.25, -0.2) is 13.1 Å². The fraction of sp³-hybridized carbons (Fsp3) is 0.750. The molecule has 0 aliphatic carbocycles. The van der Waals surface area contributed by atoms with Gasteiger partial charge in [-0.3, -0.25) is 5.10 Å². The van der Waals surface area contributed by atoms with Crippen molar-refractivity contribution in [3.8, 4) is 0 Å². The highest BCUT2D eigenvalue weighted by molar-refractivity contribution is 7.89. The molecule has 1 aromatic heterocycles. The molecule has 1 aromatic rings. The zero-order valence-corrected chi connectivity index (χ0v) is 12.8. The third-order valence-electron chi connectivity index (χ3n) is 3.56. The molecule has 20 heavy (non-hydrogen) atoms. The molecule has 3 N–H and O–H groups in total. The van der Waals surface area contributed by atoms with Crippen LogP contribution in [0.1, 0.15) is 18.9 Å². The summed E-state index contributed by atoms with van der Waals surface area (Å²) in [7, 11) is -1.46. The van der Waals surface area contributed by atoms with Crippen molar-refractivity contribution in [3.05, 3.63) is 11.8 Å². The predicted molar refractivity (Wildman–Crippen MR) is 76.8 cm³/mol. The van der Waals surface area contributed by atoms with Gasteiger partial charge in [0.15, 0.2) is 5.03 Å². The molecule has 1 unspecified atom stereocenters. The van der Waals surface area contributed by atoms with Gasteiger partial charge in [0.1, 0.15) is 0 Å². The van der Waals surface area contributed by atoms with E-state index in [0.717, 1.165) is 26.1 Å². The molecule has 7 nitrogen and oxygen atoms in total. The molecule has 1 aliphatic rings. The summed E-state index contributed by atoms with van der Waals surface area (Å²) in [5.74, 6) is 0.384. The fourth-order valence-corrected chi connectivity index (χ4v) is 3.65. The van der Waals surface area contributed by atoms with Gasteiger partial charge < -0.3 is 10.2 Å². The number of aromatic amines is 1. The van der Waals surface area contributed by atoms with Crippen molar-refractivity contribution in [3.63, 3.8) is 0 Å². The number of sulfonamides is 1. The largest absolute Gasteiger partial charge is 0.313 e. The molecule has 0 radical (unpaired) electrons. The van der Waals surface area contributed by atoms with Gasteiger partial charge in [0, 0.05) is 25.2 Å². The van der Waals surface area contributed by atoms with Gasteiger partial charge in [0.2, 0.25) is 0 Å². The molecule has 1 atom stereocenters. The van der Waals surface area contributed by atoms with Gasteiger partial charge in [-0.15, -0.1) is 0 Å². The third-order valence-corrected chi connectivity index (χ3v) is 5.00. The third kappa shape index (κ3) is 3.78. The van der Waals surface area contributed by atoms with E-state index in [4.69, 9.17) is 0 Å². The van der Waals surface area contributed by atoms with Gasteiger partial charge in [-0.05, 0) is 32.5 Å². The Balaban J connectivity index is 1.97. The predicted octanol–water partition coefficient (Wildman–Crippen LogP) is -0.251. The molecule has 0 amide bonds. The maximum absolute atomic E-state index is 12.3. The zero-order chi connectivity index (χ0) is 14.6. The molecule has 1 saturated heterocycles. The van der Waals surface area contributed by atoms with Crippen LogP contribution in [0.25, 0.3) is 0 Å². The highest BCUT2D eigenvalue weighted by Crippen LogP contribution is 2.15. The first-order chi connectivity index (χ1) is 9.53. The van der Waals surface area contributed by atoms with E-state index >= 15 is 0 Å². The van der Waals surface area contributed by atoms with Crippen LogP contribution >= 0.6 is 0 Å². The summed E-state index contributed by atoms with van der Waals surface area (Å²) < 4.78 is 27.3. The molecular weight excluding hydrogens is 278 g/mol. The van der Waals surface area contributed by atoms with Crippen LogP contribution in [0.4, 0.5) is 0 Å². The van der Waals surface area contributed by atoms with Crippen LogP contribution in [0, 0.1) is 5.92 Å². The minimum atomic E-state index is -3.51. The first kappa shape index (κ1) is 15.4. The second kappa shape index (κ2) is 6.66. The Morgan fingerprint density at radius 3 is 3.00 bits per heavy atom. The molecule has 0 spiro atoms. The minimum absolute atomic E-state index is 0.171. The van der Waals surface area contributed by atoms with Crippen LogP contribution in [-0.4, -0.2) is 56.7 Å². The number of hydrogen-bond donors (Lipinski definition) is 3. The Labute approximate surface area is 120 Å². The van der Waals surface area contributed by atoms with Crippen molar-refractivity contribution in [1.29, 1.82) is 0 Å². The molecule has 1 fully saturated rings. The van der Waals surface area contributed by atoms with Crippen molar-refractivity contribution in [2.75, 3.05) is 33.2 Å². The second-order valence-electron chi connectivity index (χ2n) is 5.27. The SMILES string of the molecule is CCNCc1cn[nH]c1S(=O)(=O)NCC1CCN(C)C1. The van der Waals surface area contributed by atoms with Crippen LogP contribution in [0.2, 0.25) is 0 Å². The molecular formula is C12H23N5O2S. The quantitative estimate of drug-likeness (QED) is 0.646. The summed E-state index contributed by atoms with van der Waals surface area (Å²) >= 11 is 0. The lowest BCUT2D eigenvalue weighted by molar-refractivity contribution is 0.394. The lowest BCUT2D eigenvalue weighted by Crippen LogP contribution is -2.31. The molecule has 2 heterocycles. The second-order valence-corrected chi connectivity index (χ2v) is 6.98. The Hall–Kier alpha value is -0.960. The Morgan fingerprint density at radius 1 is 1.55 bits per heavy atom. The molecule has 2 rings (SSSR count). The van der Waals surface area contributed by atoms with E-state index in [0.29, 0.717) is 24.6 Å². The van der Waals surface area contributed by atoms with Crippen molar-refractivity contribution >= 4 is 10.0 Å². The molecule has 0 saturated carbocycles. The minimum Gasteiger partial charge on any atom is -0.313 e. The summed E-state index contributed by atoms with van der Waals surface area (Å²) in [5, 5.41) is 9.71. The van der Waals surface area contributed by atoms with E-state index in [-0.39, 0.29) is 5.03 Å². The lowest BCUT2D eigenvalue weighted by atomic mass is 10.1. The topological polar surface area (TPSA) is 90.1 Å². The fourth-order valence-electron chi connectivity index (χ4n) is 2.41. The average Bonchev–Trinajstić information content (AvgIpc) is 3.03. The van der Waals surface area contributed by atoms with E-state index < -0.39 is 10.0 Å². The van der Waals surface area contributed by atoms with E-state index in [1.54, 1.807) is 6.20 Å². The van der Waals surface area contributed by atoms with Crippen LogP contribution in [-0.2, 0) is 16.6 Å². The first-order valence-corrected chi connectivity index (χ1v) is 8.42. The lowest BCUT2D eigenvalue weighted by Gasteiger charge is -2.12. The number of likely N-dealkylation sites (tertiary alicyclic amines) is 1. The van der Waals surface area contributed by atoms with Gasteiger partial charge >= 0.3 is 0 Å². The summed E-state index contributed by atoms with van der Waals surface area (Å²) in [6.07, 6.45) is 2.59. The number of nitrogens with one attached hydrogen (secondary N) is 3. The number of nitrogens with zero attached hydrogens (tertiary/aromatic N) is 2. The smallest absolute Gasteiger partial charge is 0.257 e. The summed E-state index contributed by atoms with van der Waals surface area (Å²) in [5.41, 5.74) is 0.669. The molecule has 1 aliphatic heterocycles. The molecule has 8 heteroatoms. The standard InChI is InChI=1S/C12H23N5O2S/c1-3-13-7-11-8-14-16-12(11)20(18,19)15-6-10-4-5-17(2)9-10/h8,10,13,15H,3-7,9H2,1-2H3,(H,14,16).